The molecule has 0 aliphatic heterocycles. The number of nitrogens with zero attached hydrogens (tertiary/aromatic N) is 2. The first-order valence-corrected chi connectivity index (χ1v) is 5.58. The standard InChI is InChI=1S/C14H8F2N2O/c15-9-5-10(16)7-11(6-9)18-8-17-13-4-2-1-3-12(13)14(18)19/h1-8H. The summed E-state index contributed by atoms with van der Waals surface area (Å²) in [6.07, 6.45) is 1.26. The van der Waals surface area contributed by atoms with Crippen LogP contribution in [0.4, 0.5) is 8.78 Å². The van der Waals surface area contributed by atoms with Gasteiger partial charge in [-0.2, -0.15) is 0 Å². The maximum absolute atomic E-state index is 13.2. The highest BCUT2D eigenvalue weighted by Crippen LogP contribution is 2.12. The number of rotatable bonds is 1. The fourth-order valence-electron chi connectivity index (χ4n) is 1.93. The van der Waals surface area contributed by atoms with E-state index in [2.05, 4.69) is 4.98 Å². The second-order valence-corrected chi connectivity index (χ2v) is 4.06. The van der Waals surface area contributed by atoms with Crippen LogP contribution in [0.15, 0.2) is 53.6 Å². The zero-order valence-corrected chi connectivity index (χ0v) is 9.68. The molecular weight excluding hydrogens is 250 g/mol. The van der Waals surface area contributed by atoms with E-state index in [0.717, 1.165) is 22.8 Å². The quantitative estimate of drug-likeness (QED) is 0.672. The Labute approximate surface area is 106 Å². The van der Waals surface area contributed by atoms with Crippen LogP contribution >= 0.6 is 0 Å². The van der Waals surface area contributed by atoms with Gasteiger partial charge in [-0.05, 0) is 24.3 Å². The summed E-state index contributed by atoms with van der Waals surface area (Å²) in [6.45, 7) is 0. The van der Waals surface area contributed by atoms with Crippen LogP contribution in [-0.2, 0) is 0 Å². The van der Waals surface area contributed by atoms with E-state index >= 15 is 0 Å². The van der Waals surface area contributed by atoms with Crippen molar-refractivity contribution in [1.82, 2.24) is 9.55 Å². The van der Waals surface area contributed by atoms with Crippen LogP contribution in [0.1, 0.15) is 0 Å². The molecule has 0 spiro atoms. The molecule has 94 valence electrons. The van der Waals surface area contributed by atoms with Crippen molar-refractivity contribution in [3.63, 3.8) is 0 Å². The number of hydrogen-bond acceptors (Lipinski definition) is 2. The van der Waals surface area contributed by atoms with Gasteiger partial charge < -0.3 is 0 Å². The van der Waals surface area contributed by atoms with Crippen LogP contribution in [0.25, 0.3) is 16.6 Å². The van der Waals surface area contributed by atoms with E-state index in [1.807, 2.05) is 0 Å². The Morgan fingerprint density at radius 1 is 1.00 bits per heavy atom. The number of hydrogen-bond donors (Lipinski definition) is 0. The maximum Gasteiger partial charge on any atom is 0.265 e. The zero-order chi connectivity index (χ0) is 13.4. The molecule has 1 heterocycles. The van der Waals surface area contributed by atoms with E-state index < -0.39 is 11.6 Å². The van der Waals surface area contributed by atoms with Crippen molar-refractivity contribution < 1.29 is 8.78 Å². The summed E-state index contributed by atoms with van der Waals surface area (Å²) in [4.78, 5) is 16.3. The number of aromatic nitrogens is 2. The van der Waals surface area contributed by atoms with Gasteiger partial charge in [0.25, 0.3) is 5.56 Å². The average Bonchev–Trinajstić information content (AvgIpc) is 2.38. The smallest absolute Gasteiger partial charge is 0.265 e. The average molecular weight is 258 g/mol. The minimum absolute atomic E-state index is 0.112. The molecule has 0 N–H and O–H groups in total. The Morgan fingerprint density at radius 2 is 1.68 bits per heavy atom. The fourth-order valence-corrected chi connectivity index (χ4v) is 1.93. The van der Waals surface area contributed by atoms with Gasteiger partial charge in [-0.15, -0.1) is 0 Å². The summed E-state index contributed by atoms with van der Waals surface area (Å²) in [5.41, 5.74) is 0.289. The molecule has 0 amide bonds. The van der Waals surface area contributed by atoms with Gasteiger partial charge in [0.15, 0.2) is 0 Å². The second-order valence-electron chi connectivity index (χ2n) is 4.06. The van der Waals surface area contributed by atoms with Crippen LogP contribution in [0.3, 0.4) is 0 Å². The van der Waals surface area contributed by atoms with Crippen molar-refractivity contribution in [3.8, 4) is 5.69 Å². The predicted molar refractivity (Wildman–Crippen MR) is 67.3 cm³/mol. The molecule has 0 saturated carbocycles. The zero-order valence-electron chi connectivity index (χ0n) is 9.68. The third-order valence-electron chi connectivity index (χ3n) is 2.79. The van der Waals surface area contributed by atoms with E-state index in [1.54, 1.807) is 24.3 Å². The van der Waals surface area contributed by atoms with E-state index in [1.165, 1.54) is 6.33 Å². The first kappa shape index (κ1) is 11.5. The Bertz CT molecular complexity index is 807. The molecule has 0 fully saturated rings. The molecule has 1 aromatic heterocycles. The predicted octanol–water partition coefficient (Wildman–Crippen LogP) is 2.66. The van der Waals surface area contributed by atoms with E-state index in [4.69, 9.17) is 0 Å². The first-order chi connectivity index (χ1) is 9.15. The summed E-state index contributed by atoms with van der Waals surface area (Å²) in [7, 11) is 0. The highest BCUT2D eigenvalue weighted by molar-refractivity contribution is 5.77. The molecule has 3 rings (SSSR count). The SMILES string of the molecule is O=c1c2ccccc2ncn1-c1cc(F)cc(F)c1. The van der Waals surface area contributed by atoms with Gasteiger partial charge in [0.2, 0.25) is 0 Å². The van der Waals surface area contributed by atoms with Crippen molar-refractivity contribution in [2.24, 2.45) is 0 Å². The molecule has 0 aliphatic rings. The van der Waals surface area contributed by atoms with Gasteiger partial charge in [-0.25, -0.2) is 13.8 Å². The molecule has 2 aromatic carbocycles. The van der Waals surface area contributed by atoms with E-state index in [-0.39, 0.29) is 11.2 Å². The van der Waals surface area contributed by atoms with Crippen molar-refractivity contribution in [1.29, 1.82) is 0 Å². The normalized spacial score (nSPS) is 10.8. The van der Waals surface area contributed by atoms with Gasteiger partial charge in [0.05, 0.1) is 16.6 Å². The number of benzene rings is 2. The number of halogens is 2. The second kappa shape index (κ2) is 4.28. The van der Waals surface area contributed by atoms with Crippen LogP contribution in [-0.4, -0.2) is 9.55 Å². The minimum Gasteiger partial charge on any atom is -0.268 e. The highest BCUT2D eigenvalue weighted by Gasteiger charge is 2.07. The third-order valence-corrected chi connectivity index (χ3v) is 2.79. The molecular formula is C14H8F2N2O. The number of fused-ring (bicyclic) bond motifs is 1. The molecule has 0 atom stereocenters. The minimum atomic E-state index is -0.741. The summed E-state index contributed by atoms with van der Waals surface area (Å²) >= 11 is 0. The topological polar surface area (TPSA) is 34.9 Å². The molecule has 0 saturated heterocycles. The maximum atomic E-state index is 13.2. The first-order valence-electron chi connectivity index (χ1n) is 5.58. The molecule has 0 unspecified atom stereocenters. The van der Waals surface area contributed by atoms with Crippen molar-refractivity contribution in [3.05, 3.63) is 70.8 Å². The Hall–Kier alpha value is -2.56. The lowest BCUT2D eigenvalue weighted by Crippen LogP contribution is -2.19. The van der Waals surface area contributed by atoms with Crippen LogP contribution in [0, 0.1) is 11.6 Å². The Morgan fingerprint density at radius 3 is 2.42 bits per heavy atom. The van der Waals surface area contributed by atoms with Crippen LogP contribution in [0.2, 0.25) is 0 Å². The fraction of sp³-hybridized carbons (Fsp3) is 0. The lowest BCUT2D eigenvalue weighted by molar-refractivity contribution is 0.581. The largest absolute Gasteiger partial charge is 0.268 e. The van der Waals surface area contributed by atoms with Gasteiger partial charge >= 0.3 is 0 Å². The summed E-state index contributed by atoms with van der Waals surface area (Å²) < 4.78 is 27.5. The van der Waals surface area contributed by atoms with Gasteiger partial charge in [-0.1, -0.05) is 12.1 Å². The van der Waals surface area contributed by atoms with Crippen molar-refractivity contribution in [2.75, 3.05) is 0 Å². The Balaban J connectivity index is 2.31. The Kier molecular flexibility index (Phi) is 2.59. The summed E-state index contributed by atoms with van der Waals surface area (Å²) in [5, 5.41) is 0.398. The molecule has 0 bridgehead atoms. The van der Waals surface area contributed by atoms with Gasteiger partial charge in [0, 0.05) is 6.07 Å². The van der Waals surface area contributed by atoms with Crippen molar-refractivity contribution in [2.45, 2.75) is 0 Å². The monoisotopic (exact) mass is 258 g/mol. The van der Waals surface area contributed by atoms with E-state index in [0.29, 0.717) is 10.9 Å². The van der Waals surface area contributed by atoms with Crippen LogP contribution < -0.4 is 5.56 Å². The van der Waals surface area contributed by atoms with Crippen LogP contribution in [0.5, 0.6) is 0 Å². The molecule has 0 radical (unpaired) electrons. The third kappa shape index (κ3) is 1.99. The van der Waals surface area contributed by atoms with Gasteiger partial charge in [0.1, 0.15) is 18.0 Å². The number of para-hydroxylation sites is 1. The molecule has 3 aromatic rings. The summed E-state index contributed by atoms with van der Waals surface area (Å²) in [6, 6.07) is 9.72. The molecule has 5 heteroatoms. The molecule has 3 nitrogen and oxygen atoms in total. The van der Waals surface area contributed by atoms with Gasteiger partial charge in [-0.3, -0.25) is 9.36 Å². The van der Waals surface area contributed by atoms with Crippen molar-refractivity contribution >= 4 is 10.9 Å². The lowest BCUT2D eigenvalue weighted by atomic mass is 10.2. The van der Waals surface area contributed by atoms with E-state index in [9.17, 15) is 13.6 Å². The molecule has 19 heavy (non-hydrogen) atoms. The lowest BCUT2D eigenvalue weighted by Gasteiger charge is -2.06. The summed E-state index contributed by atoms with van der Waals surface area (Å²) in [5.74, 6) is -1.48. The highest BCUT2D eigenvalue weighted by atomic mass is 19.1. The molecule has 0 aliphatic carbocycles.